The van der Waals surface area contributed by atoms with Crippen LogP contribution in [0.1, 0.15) is 35.8 Å². The lowest BCUT2D eigenvalue weighted by molar-refractivity contribution is 0.173. The Morgan fingerprint density at radius 2 is 1.96 bits per heavy atom. The number of aromatic nitrogens is 1. The predicted molar refractivity (Wildman–Crippen MR) is 88.6 cm³/mol. The molecule has 1 aliphatic rings. The van der Waals surface area contributed by atoms with E-state index in [0.717, 1.165) is 24.8 Å². The van der Waals surface area contributed by atoms with Crippen molar-refractivity contribution in [1.29, 1.82) is 0 Å². The van der Waals surface area contributed by atoms with Crippen LogP contribution in [0.3, 0.4) is 0 Å². The maximum Gasteiger partial charge on any atom is 0.240 e. The van der Waals surface area contributed by atoms with Gasteiger partial charge in [-0.05, 0) is 61.1 Å². The van der Waals surface area contributed by atoms with Gasteiger partial charge in [0.25, 0.3) is 0 Å². The highest BCUT2D eigenvalue weighted by molar-refractivity contribution is 7.89. The Bertz CT molecular complexity index is 796. The van der Waals surface area contributed by atoms with Crippen LogP contribution < -0.4 is 4.72 Å². The van der Waals surface area contributed by atoms with E-state index in [0.29, 0.717) is 5.69 Å². The highest BCUT2D eigenvalue weighted by Gasteiger charge is 2.20. The van der Waals surface area contributed by atoms with Crippen LogP contribution in [0.4, 0.5) is 0 Å². The van der Waals surface area contributed by atoms with Gasteiger partial charge in [-0.25, -0.2) is 13.1 Å². The zero-order chi connectivity index (χ0) is 16.4. The number of hydrogen-bond donors (Lipinski definition) is 2. The van der Waals surface area contributed by atoms with E-state index in [1.807, 2.05) is 25.4 Å². The molecule has 124 valence electrons. The van der Waals surface area contributed by atoms with Crippen molar-refractivity contribution < 1.29 is 13.5 Å². The number of nitrogens with one attached hydrogen (secondary N) is 1. The summed E-state index contributed by atoms with van der Waals surface area (Å²) in [6.07, 6.45) is 5.18. The van der Waals surface area contributed by atoms with Gasteiger partial charge >= 0.3 is 0 Å². The lowest BCUT2D eigenvalue weighted by atomic mass is 9.92. The molecule has 0 bridgehead atoms. The quantitative estimate of drug-likeness (QED) is 0.877. The summed E-state index contributed by atoms with van der Waals surface area (Å²) in [6, 6.07) is 8.93. The van der Waals surface area contributed by atoms with E-state index in [4.69, 9.17) is 0 Å². The van der Waals surface area contributed by atoms with Gasteiger partial charge in [0.2, 0.25) is 10.0 Å². The Kier molecular flexibility index (Phi) is 4.57. The van der Waals surface area contributed by atoms with Crippen molar-refractivity contribution in [3.63, 3.8) is 0 Å². The van der Waals surface area contributed by atoms with E-state index in [1.54, 1.807) is 22.8 Å². The highest BCUT2D eigenvalue weighted by atomic mass is 32.2. The van der Waals surface area contributed by atoms with E-state index >= 15 is 0 Å². The summed E-state index contributed by atoms with van der Waals surface area (Å²) in [6.45, 7) is -0.0444. The maximum atomic E-state index is 12.4. The first kappa shape index (κ1) is 16.2. The second-order valence-electron chi connectivity index (χ2n) is 6.05. The van der Waals surface area contributed by atoms with Crippen LogP contribution >= 0.6 is 0 Å². The molecule has 1 heterocycles. The number of hydrogen-bond acceptors (Lipinski definition) is 3. The number of nitrogens with zero attached hydrogens (tertiary/aromatic N) is 1. The van der Waals surface area contributed by atoms with Crippen molar-refractivity contribution in [2.24, 2.45) is 7.05 Å². The second kappa shape index (κ2) is 6.47. The number of sulfonamides is 1. The summed E-state index contributed by atoms with van der Waals surface area (Å²) in [4.78, 5) is 0.275. The summed E-state index contributed by atoms with van der Waals surface area (Å²) in [7, 11) is -1.80. The SMILES string of the molecule is Cn1cccc1C(O)CNS(=O)(=O)c1ccc2c(c1)CCCC2. The molecule has 0 fully saturated rings. The van der Waals surface area contributed by atoms with Crippen molar-refractivity contribution in [1.82, 2.24) is 9.29 Å². The molecule has 0 spiro atoms. The Morgan fingerprint density at radius 3 is 2.65 bits per heavy atom. The minimum atomic E-state index is -3.61. The number of benzene rings is 1. The smallest absolute Gasteiger partial charge is 0.240 e. The molecular weight excluding hydrogens is 312 g/mol. The van der Waals surface area contributed by atoms with Crippen LogP contribution in [0.25, 0.3) is 0 Å². The third-order valence-corrected chi connectivity index (χ3v) is 5.84. The first-order valence-corrected chi connectivity index (χ1v) is 9.36. The highest BCUT2D eigenvalue weighted by Crippen LogP contribution is 2.24. The van der Waals surface area contributed by atoms with Gasteiger partial charge in [-0.2, -0.15) is 0 Å². The molecule has 1 aliphatic carbocycles. The topological polar surface area (TPSA) is 71.3 Å². The monoisotopic (exact) mass is 334 g/mol. The Balaban J connectivity index is 1.73. The molecule has 1 aromatic carbocycles. The van der Waals surface area contributed by atoms with Crippen LogP contribution in [0.5, 0.6) is 0 Å². The summed E-state index contributed by atoms with van der Waals surface area (Å²) < 4.78 is 29.2. The molecule has 3 rings (SSSR count). The first-order valence-electron chi connectivity index (χ1n) is 7.88. The fraction of sp³-hybridized carbons (Fsp3) is 0.412. The van der Waals surface area contributed by atoms with Gasteiger partial charge in [-0.15, -0.1) is 0 Å². The average Bonchev–Trinajstić information content (AvgIpc) is 2.98. The third kappa shape index (κ3) is 3.49. The standard InChI is InChI=1S/C17H22N2O3S/c1-19-10-4-7-16(19)17(20)12-18-23(21,22)15-9-8-13-5-2-3-6-14(13)11-15/h4,7-11,17-18,20H,2-3,5-6,12H2,1H3. The first-order chi connectivity index (χ1) is 11.0. The number of rotatable bonds is 5. The normalized spacial score (nSPS) is 16.1. The van der Waals surface area contributed by atoms with Crippen LogP contribution in [0.2, 0.25) is 0 Å². The summed E-state index contributed by atoms with van der Waals surface area (Å²) in [5.41, 5.74) is 3.05. The molecule has 1 aromatic heterocycles. The minimum Gasteiger partial charge on any atom is -0.386 e. The number of aryl methyl sites for hydroxylation is 3. The molecule has 1 unspecified atom stereocenters. The summed E-state index contributed by atoms with van der Waals surface area (Å²) >= 11 is 0. The lowest BCUT2D eigenvalue weighted by Crippen LogP contribution is -2.29. The maximum absolute atomic E-state index is 12.4. The largest absolute Gasteiger partial charge is 0.386 e. The van der Waals surface area contributed by atoms with E-state index < -0.39 is 16.1 Å². The van der Waals surface area contributed by atoms with Crippen molar-refractivity contribution in [2.75, 3.05) is 6.54 Å². The van der Waals surface area contributed by atoms with Gasteiger partial charge in [-0.1, -0.05) is 6.07 Å². The van der Waals surface area contributed by atoms with Crippen LogP contribution in [0, 0.1) is 0 Å². The Labute approximate surface area is 137 Å². The molecule has 23 heavy (non-hydrogen) atoms. The molecule has 2 aromatic rings. The fourth-order valence-electron chi connectivity index (χ4n) is 3.07. The Hall–Kier alpha value is -1.63. The third-order valence-electron chi connectivity index (χ3n) is 4.42. The van der Waals surface area contributed by atoms with Crippen molar-refractivity contribution in [3.8, 4) is 0 Å². The molecule has 2 N–H and O–H groups in total. The van der Waals surface area contributed by atoms with Crippen LogP contribution in [-0.2, 0) is 29.9 Å². The van der Waals surface area contributed by atoms with Gasteiger partial charge in [0, 0.05) is 25.5 Å². The molecule has 6 heteroatoms. The number of fused-ring (bicyclic) bond motifs is 1. The average molecular weight is 334 g/mol. The van der Waals surface area contributed by atoms with E-state index in [-0.39, 0.29) is 11.4 Å². The molecule has 0 radical (unpaired) electrons. The second-order valence-corrected chi connectivity index (χ2v) is 7.82. The molecule has 0 amide bonds. The molecule has 1 atom stereocenters. The number of aliphatic hydroxyl groups excluding tert-OH is 1. The van der Waals surface area contributed by atoms with Crippen LogP contribution in [-0.4, -0.2) is 24.6 Å². The zero-order valence-corrected chi connectivity index (χ0v) is 14.0. The molecule has 0 aliphatic heterocycles. The predicted octanol–water partition coefficient (Wildman–Crippen LogP) is 1.92. The Morgan fingerprint density at radius 1 is 1.22 bits per heavy atom. The van der Waals surface area contributed by atoms with Gasteiger partial charge in [0.1, 0.15) is 6.10 Å². The van der Waals surface area contributed by atoms with Crippen LogP contribution in [0.15, 0.2) is 41.4 Å². The van der Waals surface area contributed by atoms with Gasteiger partial charge < -0.3 is 9.67 Å². The molecule has 5 nitrogen and oxygen atoms in total. The summed E-state index contributed by atoms with van der Waals surface area (Å²) in [5.74, 6) is 0. The van der Waals surface area contributed by atoms with Crippen molar-refractivity contribution in [2.45, 2.75) is 36.7 Å². The zero-order valence-electron chi connectivity index (χ0n) is 13.2. The molecular formula is C17H22N2O3S. The molecule has 0 saturated heterocycles. The summed E-state index contributed by atoms with van der Waals surface area (Å²) in [5, 5.41) is 10.1. The van der Waals surface area contributed by atoms with Gasteiger partial charge in [0.05, 0.1) is 4.90 Å². The van der Waals surface area contributed by atoms with Crippen molar-refractivity contribution in [3.05, 3.63) is 53.3 Å². The lowest BCUT2D eigenvalue weighted by Gasteiger charge is -2.17. The van der Waals surface area contributed by atoms with Gasteiger partial charge in [0.15, 0.2) is 0 Å². The van der Waals surface area contributed by atoms with E-state index in [9.17, 15) is 13.5 Å². The van der Waals surface area contributed by atoms with E-state index in [2.05, 4.69) is 4.72 Å². The van der Waals surface area contributed by atoms with Crippen molar-refractivity contribution >= 4 is 10.0 Å². The minimum absolute atomic E-state index is 0.0444. The number of aliphatic hydroxyl groups is 1. The van der Waals surface area contributed by atoms with Gasteiger partial charge in [-0.3, -0.25) is 0 Å². The fourth-order valence-corrected chi connectivity index (χ4v) is 4.16. The molecule has 0 saturated carbocycles. The van der Waals surface area contributed by atoms with E-state index in [1.165, 1.54) is 12.0 Å².